The number of hydrogen-bond acceptors (Lipinski definition) is 3. The zero-order chi connectivity index (χ0) is 22.6. The molecule has 0 atom stereocenters. The van der Waals surface area contributed by atoms with Crippen LogP contribution in [-0.4, -0.2) is 22.7 Å². The van der Waals surface area contributed by atoms with Gasteiger partial charge in [0.1, 0.15) is 0 Å². The van der Waals surface area contributed by atoms with E-state index in [9.17, 15) is 15.0 Å². The highest BCUT2D eigenvalue weighted by Gasteiger charge is 2.03. The van der Waals surface area contributed by atoms with Crippen LogP contribution in [0.3, 0.4) is 0 Å². The van der Waals surface area contributed by atoms with Gasteiger partial charge in [0.2, 0.25) is 5.91 Å². The van der Waals surface area contributed by atoms with Crippen LogP contribution in [0.15, 0.2) is 18.2 Å². The predicted octanol–water partition coefficient (Wildman–Crippen LogP) is 7.41. The molecule has 1 aromatic rings. The van der Waals surface area contributed by atoms with Crippen molar-refractivity contribution in [2.24, 2.45) is 0 Å². The first-order chi connectivity index (χ1) is 15.1. The minimum absolute atomic E-state index is 0.105. The molecule has 0 heterocycles. The molecule has 0 saturated carbocycles. The fraction of sp³-hybridized carbons (Fsp3) is 0.741. The quantitative estimate of drug-likeness (QED) is 0.148. The molecule has 0 aliphatic carbocycles. The molecule has 1 amide bonds. The van der Waals surface area contributed by atoms with E-state index in [1.54, 1.807) is 6.07 Å². The van der Waals surface area contributed by atoms with Crippen LogP contribution in [-0.2, 0) is 11.2 Å². The lowest BCUT2D eigenvalue weighted by Crippen LogP contribution is -2.25. The minimum Gasteiger partial charge on any atom is -0.504 e. The van der Waals surface area contributed by atoms with Crippen molar-refractivity contribution >= 4 is 5.91 Å². The molecule has 0 bridgehead atoms. The van der Waals surface area contributed by atoms with Crippen LogP contribution in [0.25, 0.3) is 0 Å². The molecule has 178 valence electrons. The lowest BCUT2D eigenvalue weighted by molar-refractivity contribution is -0.121. The highest BCUT2D eigenvalue weighted by atomic mass is 16.3. The van der Waals surface area contributed by atoms with Crippen LogP contribution in [0.5, 0.6) is 11.5 Å². The summed E-state index contributed by atoms with van der Waals surface area (Å²) in [5, 5.41) is 21.7. The van der Waals surface area contributed by atoms with Gasteiger partial charge < -0.3 is 15.5 Å². The summed E-state index contributed by atoms with van der Waals surface area (Å²) in [7, 11) is 0. The van der Waals surface area contributed by atoms with Gasteiger partial charge in [-0.2, -0.15) is 0 Å². The summed E-state index contributed by atoms with van der Waals surface area (Å²) in [4.78, 5) is 11.9. The number of aromatic hydroxyl groups is 2. The van der Waals surface area contributed by atoms with Gasteiger partial charge in [0.05, 0.1) is 0 Å². The van der Waals surface area contributed by atoms with Gasteiger partial charge >= 0.3 is 0 Å². The molecule has 0 aliphatic rings. The summed E-state index contributed by atoms with van der Waals surface area (Å²) >= 11 is 0. The van der Waals surface area contributed by atoms with E-state index < -0.39 is 0 Å². The number of amides is 1. The van der Waals surface area contributed by atoms with E-state index >= 15 is 0 Å². The summed E-state index contributed by atoms with van der Waals surface area (Å²) in [6.45, 7) is 2.83. The van der Waals surface area contributed by atoms with Crippen LogP contribution in [0.2, 0.25) is 0 Å². The van der Waals surface area contributed by atoms with Crippen LogP contribution in [0.4, 0.5) is 0 Å². The van der Waals surface area contributed by atoms with E-state index in [1.807, 2.05) is 0 Å². The Morgan fingerprint density at radius 3 is 1.68 bits per heavy atom. The van der Waals surface area contributed by atoms with Gasteiger partial charge in [-0.3, -0.25) is 4.79 Å². The third kappa shape index (κ3) is 15.7. The number of benzene rings is 1. The van der Waals surface area contributed by atoms with Crippen molar-refractivity contribution in [1.82, 2.24) is 5.32 Å². The van der Waals surface area contributed by atoms with Gasteiger partial charge in [-0.25, -0.2) is 0 Å². The number of unbranched alkanes of at least 4 members (excludes halogenated alkanes) is 15. The molecule has 1 rings (SSSR count). The summed E-state index contributed by atoms with van der Waals surface area (Å²) < 4.78 is 0. The third-order valence-corrected chi connectivity index (χ3v) is 6.03. The molecule has 0 fully saturated rings. The van der Waals surface area contributed by atoms with Crippen molar-refractivity contribution in [3.8, 4) is 11.5 Å². The maximum Gasteiger partial charge on any atom is 0.220 e. The molecule has 0 radical (unpaired) electrons. The molecule has 3 N–H and O–H groups in total. The Morgan fingerprint density at radius 2 is 1.19 bits per heavy atom. The van der Waals surface area contributed by atoms with E-state index in [4.69, 9.17) is 0 Å². The van der Waals surface area contributed by atoms with Crippen LogP contribution in [0, 0.1) is 0 Å². The first kappa shape index (κ1) is 27.3. The first-order valence-electron chi connectivity index (χ1n) is 12.9. The smallest absolute Gasteiger partial charge is 0.220 e. The zero-order valence-electron chi connectivity index (χ0n) is 20.0. The lowest BCUT2D eigenvalue weighted by atomic mass is 10.0. The van der Waals surface area contributed by atoms with Crippen molar-refractivity contribution < 1.29 is 15.0 Å². The third-order valence-electron chi connectivity index (χ3n) is 6.03. The SMILES string of the molecule is CCCCCCCCCCCCCCCCCCC(=O)NCCc1ccc(O)c(O)c1. The average Bonchev–Trinajstić information content (AvgIpc) is 2.76. The Morgan fingerprint density at radius 1 is 0.710 bits per heavy atom. The van der Waals surface area contributed by atoms with Crippen molar-refractivity contribution in [3.63, 3.8) is 0 Å². The van der Waals surface area contributed by atoms with Crippen LogP contribution < -0.4 is 5.32 Å². The van der Waals surface area contributed by atoms with Crippen molar-refractivity contribution in [2.45, 2.75) is 122 Å². The molecule has 1 aromatic carbocycles. The molecule has 0 saturated heterocycles. The summed E-state index contributed by atoms with van der Waals surface area (Å²) in [6, 6.07) is 4.77. The number of phenols is 2. The summed E-state index contributed by atoms with van der Waals surface area (Å²) in [5.41, 5.74) is 0.901. The van der Waals surface area contributed by atoms with Gasteiger partial charge in [-0.05, 0) is 30.5 Å². The van der Waals surface area contributed by atoms with Gasteiger partial charge in [-0.15, -0.1) is 0 Å². The maximum atomic E-state index is 11.9. The number of carbonyl (C=O) groups excluding carboxylic acids is 1. The molecule has 0 aromatic heterocycles. The zero-order valence-corrected chi connectivity index (χ0v) is 20.0. The van der Waals surface area contributed by atoms with Gasteiger partial charge in [0.25, 0.3) is 0 Å². The number of nitrogens with one attached hydrogen (secondary N) is 1. The highest BCUT2D eigenvalue weighted by Crippen LogP contribution is 2.24. The normalized spacial score (nSPS) is 11.0. The number of carbonyl (C=O) groups is 1. The number of phenolic OH excluding ortho intramolecular Hbond substituents is 2. The molecule has 0 aliphatic heterocycles. The Balaban J connectivity index is 1.81. The van der Waals surface area contributed by atoms with Crippen LogP contribution in [0.1, 0.15) is 122 Å². The average molecular weight is 434 g/mol. The fourth-order valence-electron chi connectivity index (χ4n) is 3.99. The van der Waals surface area contributed by atoms with E-state index in [1.165, 1.54) is 102 Å². The van der Waals surface area contributed by atoms with E-state index in [0.717, 1.165) is 18.4 Å². The fourth-order valence-corrected chi connectivity index (χ4v) is 3.99. The van der Waals surface area contributed by atoms with Gasteiger partial charge in [0.15, 0.2) is 11.5 Å². The number of hydrogen-bond donors (Lipinski definition) is 3. The van der Waals surface area contributed by atoms with Crippen molar-refractivity contribution in [2.75, 3.05) is 6.54 Å². The largest absolute Gasteiger partial charge is 0.504 e. The second-order valence-corrected chi connectivity index (χ2v) is 8.98. The molecule has 0 spiro atoms. The Bertz CT molecular complexity index is 574. The second kappa shape index (κ2) is 19.0. The molecule has 4 heteroatoms. The van der Waals surface area contributed by atoms with Crippen LogP contribution >= 0.6 is 0 Å². The van der Waals surface area contributed by atoms with Crippen molar-refractivity contribution in [3.05, 3.63) is 23.8 Å². The van der Waals surface area contributed by atoms with E-state index in [2.05, 4.69) is 12.2 Å². The Hall–Kier alpha value is -1.71. The topological polar surface area (TPSA) is 69.6 Å². The first-order valence-corrected chi connectivity index (χ1v) is 12.9. The molecule has 31 heavy (non-hydrogen) atoms. The lowest BCUT2D eigenvalue weighted by Gasteiger charge is -2.07. The number of rotatable bonds is 20. The van der Waals surface area contributed by atoms with Crippen molar-refractivity contribution in [1.29, 1.82) is 0 Å². The predicted molar refractivity (Wildman–Crippen MR) is 131 cm³/mol. The molecule has 4 nitrogen and oxygen atoms in total. The second-order valence-electron chi connectivity index (χ2n) is 8.98. The maximum absolute atomic E-state index is 11.9. The molecule has 0 unspecified atom stereocenters. The van der Waals surface area contributed by atoms with Gasteiger partial charge in [0, 0.05) is 13.0 Å². The molecular formula is C27H47NO3. The van der Waals surface area contributed by atoms with Gasteiger partial charge in [-0.1, -0.05) is 109 Å². The monoisotopic (exact) mass is 433 g/mol. The van der Waals surface area contributed by atoms with E-state index in [0.29, 0.717) is 19.4 Å². The van der Waals surface area contributed by atoms with E-state index in [-0.39, 0.29) is 17.4 Å². The summed E-state index contributed by atoms with van der Waals surface area (Å²) in [6.07, 6.45) is 22.7. The summed E-state index contributed by atoms with van der Waals surface area (Å²) in [5.74, 6) is -0.123. The Kier molecular flexibility index (Phi) is 16.8. The minimum atomic E-state index is -0.115. The highest BCUT2D eigenvalue weighted by molar-refractivity contribution is 5.75. The Labute approximate surface area is 190 Å². The standard InChI is InChI=1S/C27H47NO3/c1-2-3-4-5-6-7-8-9-10-11-12-13-14-15-16-17-18-27(31)28-22-21-24-19-20-25(29)26(30)23-24/h19-20,23,29-30H,2-18,21-22H2,1H3,(H,28,31). The molecular weight excluding hydrogens is 386 g/mol.